The van der Waals surface area contributed by atoms with Gasteiger partial charge in [-0.15, -0.1) is 0 Å². The largest absolute Gasteiger partial charge is 0.481 e. The van der Waals surface area contributed by atoms with Crippen molar-refractivity contribution in [3.63, 3.8) is 0 Å². The quantitative estimate of drug-likeness (QED) is 0.224. The van der Waals surface area contributed by atoms with Crippen molar-refractivity contribution in [3.8, 4) is 0 Å². The van der Waals surface area contributed by atoms with Crippen LogP contribution in [0.3, 0.4) is 0 Å². The number of rotatable bonds is 15. The van der Waals surface area contributed by atoms with Gasteiger partial charge in [-0.3, -0.25) is 4.79 Å². The van der Waals surface area contributed by atoms with E-state index in [-0.39, 0.29) is 35.7 Å². The van der Waals surface area contributed by atoms with Gasteiger partial charge in [0.15, 0.2) is 0 Å². The fourth-order valence-corrected chi connectivity index (χ4v) is 2.35. The zero-order valence-electron chi connectivity index (χ0n) is 15.1. The van der Waals surface area contributed by atoms with Gasteiger partial charge in [0.1, 0.15) is 0 Å². The third-order valence-electron chi connectivity index (χ3n) is 3.65. The second kappa shape index (κ2) is 23.4. The summed E-state index contributed by atoms with van der Waals surface area (Å²) in [6.07, 6.45) is 21.2. The summed E-state index contributed by atoms with van der Waals surface area (Å²) in [4.78, 5) is 10.3. The van der Waals surface area contributed by atoms with Crippen LogP contribution >= 0.6 is 0 Å². The standard InChI is InChI=1S/C18H34O2.H3N.Na/c1-2-3-4-5-6-7-8-9-10-11-12-13-14-15-16-17-18(19)20;;/h9-10H,2-8,11-17H2,1H3,(H,19,20);1H3;/b10-9-;;. The second-order valence-electron chi connectivity index (χ2n) is 5.73. The number of hydrogen-bond donors (Lipinski definition) is 2. The van der Waals surface area contributed by atoms with E-state index < -0.39 is 5.97 Å². The van der Waals surface area contributed by atoms with E-state index in [1.807, 2.05) is 0 Å². The maximum atomic E-state index is 10.3. The summed E-state index contributed by atoms with van der Waals surface area (Å²) in [5.74, 6) is -0.664. The van der Waals surface area contributed by atoms with Crippen molar-refractivity contribution in [3.05, 3.63) is 12.2 Å². The monoisotopic (exact) mass is 322 g/mol. The van der Waals surface area contributed by atoms with E-state index in [1.165, 1.54) is 70.6 Å². The van der Waals surface area contributed by atoms with Crippen molar-refractivity contribution in [2.45, 2.75) is 96.8 Å². The number of allylic oxidation sites excluding steroid dienone is 2. The first kappa shape index (κ1) is 27.0. The molecule has 22 heavy (non-hydrogen) atoms. The molecule has 0 aromatic carbocycles. The molecule has 0 unspecified atom stereocenters. The van der Waals surface area contributed by atoms with Crippen molar-refractivity contribution in [2.75, 3.05) is 0 Å². The number of carboxylic acids is 1. The molecule has 0 fully saturated rings. The maximum Gasteiger partial charge on any atom is 0.303 e. The van der Waals surface area contributed by atoms with Crippen LogP contribution in [0, 0.1) is 0 Å². The molecule has 0 aliphatic carbocycles. The molecule has 3 nitrogen and oxygen atoms in total. The molecule has 0 aromatic rings. The van der Waals surface area contributed by atoms with Crippen LogP contribution in [0.1, 0.15) is 96.8 Å². The Kier molecular flexibility index (Phi) is 28.8. The van der Waals surface area contributed by atoms with E-state index in [0.717, 1.165) is 12.8 Å². The summed E-state index contributed by atoms with van der Waals surface area (Å²) in [5, 5.41) is 8.51. The van der Waals surface area contributed by atoms with Gasteiger partial charge in [-0.2, -0.15) is 0 Å². The Morgan fingerprint density at radius 2 is 1.18 bits per heavy atom. The van der Waals surface area contributed by atoms with E-state index in [2.05, 4.69) is 19.1 Å². The molecule has 4 N–H and O–H groups in total. The van der Waals surface area contributed by atoms with Crippen LogP contribution in [0.2, 0.25) is 0 Å². The minimum atomic E-state index is -0.664. The fourth-order valence-electron chi connectivity index (χ4n) is 2.35. The number of carboxylic acid groups (broad SMARTS) is 1. The molecule has 0 saturated carbocycles. The molecule has 0 bridgehead atoms. The van der Waals surface area contributed by atoms with Gasteiger partial charge in [-0.1, -0.05) is 70.4 Å². The number of aliphatic carboxylic acids is 1. The molecular formula is C18H37NNaO2. The maximum absolute atomic E-state index is 10.3. The van der Waals surface area contributed by atoms with E-state index >= 15 is 0 Å². The zero-order valence-corrected chi connectivity index (χ0v) is 17.1. The second-order valence-corrected chi connectivity index (χ2v) is 5.73. The SMILES string of the molecule is CCCCCCCC/C=C\CCCCCCCC(=O)O.N.[Na]. The molecule has 1 radical (unpaired) electrons. The minimum Gasteiger partial charge on any atom is -0.481 e. The molecular weight excluding hydrogens is 285 g/mol. The molecule has 0 heterocycles. The van der Waals surface area contributed by atoms with Gasteiger partial charge in [0.05, 0.1) is 0 Å². The van der Waals surface area contributed by atoms with Crippen LogP contribution in [0.15, 0.2) is 12.2 Å². The average Bonchev–Trinajstić information content (AvgIpc) is 2.43. The van der Waals surface area contributed by atoms with Gasteiger partial charge in [0, 0.05) is 36.0 Å². The third-order valence-corrected chi connectivity index (χ3v) is 3.65. The zero-order chi connectivity index (χ0) is 14.9. The molecule has 0 aliphatic rings. The predicted octanol–water partition coefficient (Wildman–Crippen LogP) is 5.89. The fraction of sp³-hybridized carbons (Fsp3) is 0.833. The molecule has 0 amide bonds. The molecule has 0 aliphatic heterocycles. The van der Waals surface area contributed by atoms with Crippen LogP contribution in [0.25, 0.3) is 0 Å². The van der Waals surface area contributed by atoms with Crippen LogP contribution in [0.5, 0.6) is 0 Å². The number of unbranched alkanes of at least 4 members (excludes halogenated alkanes) is 11. The first-order valence-electron chi connectivity index (χ1n) is 8.64. The van der Waals surface area contributed by atoms with E-state index in [0.29, 0.717) is 6.42 Å². The smallest absolute Gasteiger partial charge is 0.303 e. The van der Waals surface area contributed by atoms with Crippen LogP contribution in [-0.4, -0.2) is 40.6 Å². The molecule has 0 saturated heterocycles. The Labute approximate surface area is 160 Å². The Bertz CT molecular complexity index is 245. The van der Waals surface area contributed by atoms with Gasteiger partial charge in [-0.05, 0) is 32.1 Å². The summed E-state index contributed by atoms with van der Waals surface area (Å²) >= 11 is 0. The summed E-state index contributed by atoms with van der Waals surface area (Å²) in [7, 11) is 0. The Balaban J connectivity index is -0.00000180. The average molecular weight is 322 g/mol. The molecule has 0 spiro atoms. The number of carbonyl (C=O) groups is 1. The van der Waals surface area contributed by atoms with E-state index in [4.69, 9.17) is 5.11 Å². The van der Waals surface area contributed by atoms with Gasteiger partial charge in [0.25, 0.3) is 0 Å². The topological polar surface area (TPSA) is 72.3 Å². The molecule has 0 atom stereocenters. The summed E-state index contributed by atoms with van der Waals surface area (Å²) in [5.41, 5.74) is 0. The van der Waals surface area contributed by atoms with Crippen molar-refractivity contribution in [1.82, 2.24) is 6.15 Å². The minimum absolute atomic E-state index is 0. The molecule has 127 valence electrons. The summed E-state index contributed by atoms with van der Waals surface area (Å²) < 4.78 is 0. The third kappa shape index (κ3) is 25.1. The molecule has 0 aromatic heterocycles. The predicted molar refractivity (Wildman–Crippen MR) is 97.9 cm³/mol. The normalized spacial score (nSPS) is 10.2. The Hall–Kier alpha value is 0.170. The van der Waals surface area contributed by atoms with Crippen molar-refractivity contribution >= 4 is 35.5 Å². The summed E-state index contributed by atoms with van der Waals surface area (Å²) in [6, 6.07) is 0. The first-order chi connectivity index (χ1) is 9.77. The summed E-state index contributed by atoms with van der Waals surface area (Å²) in [6.45, 7) is 2.26. The van der Waals surface area contributed by atoms with Crippen LogP contribution < -0.4 is 6.15 Å². The molecule has 4 heteroatoms. The van der Waals surface area contributed by atoms with Gasteiger partial charge < -0.3 is 11.3 Å². The first-order valence-corrected chi connectivity index (χ1v) is 8.64. The molecule has 0 rings (SSSR count). The van der Waals surface area contributed by atoms with Crippen molar-refractivity contribution in [2.24, 2.45) is 0 Å². The van der Waals surface area contributed by atoms with Crippen LogP contribution in [-0.2, 0) is 4.79 Å². The van der Waals surface area contributed by atoms with Gasteiger partial charge >= 0.3 is 5.97 Å². The van der Waals surface area contributed by atoms with Crippen molar-refractivity contribution < 1.29 is 9.90 Å². The Morgan fingerprint density at radius 3 is 1.64 bits per heavy atom. The van der Waals surface area contributed by atoms with Crippen LogP contribution in [0.4, 0.5) is 0 Å². The van der Waals surface area contributed by atoms with E-state index in [1.54, 1.807) is 0 Å². The van der Waals surface area contributed by atoms with Crippen molar-refractivity contribution in [1.29, 1.82) is 0 Å². The van der Waals surface area contributed by atoms with Gasteiger partial charge in [0.2, 0.25) is 0 Å². The number of hydrogen-bond acceptors (Lipinski definition) is 2. The van der Waals surface area contributed by atoms with E-state index in [9.17, 15) is 4.79 Å². The Morgan fingerprint density at radius 1 is 0.773 bits per heavy atom. The van der Waals surface area contributed by atoms with Gasteiger partial charge in [-0.25, -0.2) is 0 Å².